The van der Waals surface area contributed by atoms with Gasteiger partial charge >= 0.3 is 5.97 Å². The number of carboxylic acids is 1. The molecule has 0 spiro atoms. The highest BCUT2D eigenvalue weighted by Gasteiger charge is 2.32. The molecule has 5 atom stereocenters. The van der Waals surface area contributed by atoms with Crippen LogP contribution in [0.2, 0.25) is 0 Å². The van der Waals surface area contributed by atoms with E-state index in [1.54, 1.807) is 6.20 Å². The lowest BCUT2D eigenvalue weighted by molar-refractivity contribution is -0.141. The largest absolute Gasteiger partial charge is 0.480 e. The molecule has 0 saturated heterocycles. The number of aromatic nitrogens is 2. The van der Waals surface area contributed by atoms with Crippen LogP contribution < -0.4 is 21.7 Å². The topological polar surface area (TPSA) is 182 Å². The smallest absolute Gasteiger partial charge is 0.325 e. The fraction of sp³-hybridized carbons (Fsp3) is 0.355. The van der Waals surface area contributed by atoms with Crippen molar-refractivity contribution in [1.29, 1.82) is 0 Å². The lowest BCUT2D eigenvalue weighted by Gasteiger charge is -2.27. The van der Waals surface area contributed by atoms with Crippen molar-refractivity contribution in [2.75, 3.05) is 0 Å². The van der Waals surface area contributed by atoms with E-state index in [1.165, 1.54) is 6.92 Å². The van der Waals surface area contributed by atoms with Crippen molar-refractivity contribution < 1.29 is 24.3 Å². The number of nitrogens with one attached hydrogen (secondary N) is 5. The molecule has 0 aliphatic rings. The molecule has 2 heterocycles. The molecule has 11 nitrogen and oxygen atoms in total. The standard InChI is InChI=1S/C31H38N6O5/c1-4-17(2)27(37-28(38)23(32)13-19-15-33-24-11-7-5-9-21(19)24)30(40)36-26(29(39)35-18(3)31(41)42)14-20-16-34-25-12-8-6-10-22(20)25/h5-12,15-18,23,26-27,33-34H,4,13-14,32H2,1-3H3,(H,35,39)(H,36,40)(H,37,38)(H,41,42). The number of aliphatic carboxylic acids is 1. The van der Waals surface area contributed by atoms with E-state index in [1.807, 2.05) is 68.6 Å². The van der Waals surface area contributed by atoms with Crippen molar-refractivity contribution in [2.45, 2.75) is 64.2 Å². The first-order valence-electron chi connectivity index (χ1n) is 14.1. The van der Waals surface area contributed by atoms with Crippen molar-refractivity contribution in [3.05, 3.63) is 72.1 Å². The van der Waals surface area contributed by atoms with E-state index in [0.29, 0.717) is 6.42 Å². The summed E-state index contributed by atoms with van der Waals surface area (Å²) in [6.07, 6.45) is 4.53. The van der Waals surface area contributed by atoms with Crippen LogP contribution in [0.1, 0.15) is 38.3 Å². The summed E-state index contributed by atoms with van der Waals surface area (Å²) in [6, 6.07) is 11.1. The van der Waals surface area contributed by atoms with Crippen LogP contribution in [0.15, 0.2) is 60.9 Å². The molecule has 2 aromatic carbocycles. The number of hydrogen-bond donors (Lipinski definition) is 7. The molecule has 222 valence electrons. The first kappa shape index (κ1) is 30.3. The minimum absolute atomic E-state index is 0.106. The number of carbonyl (C=O) groups excluding carboxylic acids is 3. The number of hydrogen-bond acceptors (Lipinski definition) is 5. The second-order valence-electron chi connectivity index (χ2n) is 10.7. The summed E-state index contributed by atoms with van der Waals surface area (Å²) in [5.74, 6) is -3.16. The van der Waals surface area contributed by atoms with Crippen molar-refractivity contribution in [3.8, 4) is 0 Å². The third kappa shape index (κ3) is 6.98. The number of benzene rings is 2. The Kier molecular flexibility index (Phi) is 9.64. The molecule has 42 heavy (non-hydrogen) atoms. The van der Waals surface area contributed by atoms with E-state index in [4.69, 9.17) is 5.73 Å². The quantitative estimate of drug-likeness (QED) is 0.129. The van der Waals surface area contributed by atoms with Gasteiger partial charge in [0, 0.05) is 40.6 Å². The summed E-state index contributed by atoms with van der Waals surface area (Å²) in [5, 5.41) is 19.2. The maximum Gasteiger partial charge on any atom is 0.325 e. The van der Waals surface area contributed by atoms with Gasteiger partial charge in [0.2, 0.25) is 17.7 Å². The van der Waals surface area contributed by atoms with E-state index in [-0.39, 0.29) is 18.8 Å². The van der Waals surface area contributed by atoms with Gasteiger partial charge in [0.25, 0.3) is 0 Å². The van der Waals surface area contributed by atoms with Crippen molar-refractivity contribution in [2.24, 2.45) is 11.7 Å². The van der Waals surface area contributed by atoms with Gasteiger partial charge in [-0.1, -0.05) is 56.7 Å². The van der Waals surface area contributed by atoms with Gasteiger partial charge in [-0.2, -0.15) is 0 Å². The Bertz CT molecular complexity index is 1580. The number of carbonyl (C=O) groups is 4. The summed E-state index contributed by atoms with van der Waals surface area (Å²) in [7, 11) is 0. The lowest BCUT2D eigenvalue weighted by atomic mass is 9.96. The van der Waals surface area contributed by atoms with Crippen LogP contribution in [-0.2, 0) is 32.0 Å². The van der Waals surface area contributed by atoms with Gasteiger partial charge in [-0.05, 0) is 42.5 Å². The van der Waals surface area contributed by atoms with E-state index < -0.39 is 47.9 Å². The molecule has 8 N–H and O–H groups in total. The van der Waals surface area contributed by atoms with Gasteiger partial charge in [-0.25, -0.2) is 0 Å². The fourth-order valence-corrected chi connectivity index (χ4v) is 4.96. The van der Waals surface area contributed by atoms with Crippen LogP contribution in [0.4, 0.5) is 0 Å². The Labute approximate surface area is 243 Å². The fourth-order valence-electron chi connectivity index (χ4n) is 4.96. The number of para-hydroxylation sites is 2. The summed E-state index contributed by atoms with van der Waals surface area (Å²) in [4.78, 5) is 57.8. The Balaban J connectivity index is 1.51. The molecule has 2 aromatic heterocycles. The average molecular weight is 575 g/mol. The van der Waals surface area contributed by atoms with Gasteiger partial charge < -0.3 is 36.8 Å². The number of H-pyrrole nitrogens is 2. The number of nitrogens with two attached hydrogens (primary N) is 1. The maximum atomic E-state index is 13.6. The van der Waals surface area contributed by atoms with Gasteiger partial charge in [0.1, 0.15) is 18.1 Å². The number of aromatic amines is 2. The molecule has 0 radical (unpaired) electrons. The zero-order chi connectivity index (χ0) is 30.4. The third-order valence-electron chi connectivity index (χ3n) is 7.71. The molecule has 5 unspecified atom stereocenters. The normalized spacial score (nSPS) is 15.0. The van der Waals surface area contributed by atoms with Gasteiger partial charge in [0.15, 0.2) is 0 Å². The molecule has 0 saturated carbocycles. The summed E-state index contributed by atoms with van der Waals surface area (Å²) in [6.45, 7) is 5.08. The molecular formula is C31H38N6O5. The van der Waals surface area contributed by atoms with Gasteiger partial charge in [0.05, 0.1) is 6.04 Å². The second-order valence-corrected chi connectivity index (χ2v) is 10.7. The van der Waals surface area contributed by atoms with E-state index in [9.17, 15) is 24.3 Å². The monoisotopic (exact) mass is 574 g/mol. The van der Waals surface area contributed by atoms with E-state index >= 15 is 0 Å². The van der Waals surface area contributed by atoms with Crippen LogP contribution in [0.5, 0.6) is 0 Å². The van der Waals surface area contributed by atoms with Crippen molar-refractivity contribution in [3.63, 3.8) is 0 Å². The predicted octanol–water partition coefficient (Wildman–Crippen LogP) is 2.37. The van der Waals surface area contributed by atoms with Crippen molar-refractivity contribution in [1.82, 2.24) is 25.9 Å². The van der Waals surface area contributed by atoms with Crippen molar-refractivity contribution >= 4 is 45.5 Å². The molecule has 0 fully saturated rings. The predicted molar refractivity (Wildman–Crippen MR) is 161 cm³/mol. The SMILES string of the molecule is CCC(C)C(NC(=O)C(N)Cc1c[nH]c2ccccc12)C(=O)NC(Cc1c[nH]c2ccccc12)C(=O)NC(C)C(=O)O. The zero-order valence-electron chi connectivity index (χ0n) is 23.9. The summed E-state index contributed by atoms with van der Waals surface area (Å²) in [5.41, 5.74) is 9.76. The molecule has 4 rings (SSSR count). The molecule has 4 aromatic rings. The summed E-state index contributed by atoms with van der Waals surface area (Å²) >= 11 is 0. The summed E-state index contributed by atoms with van der Waals surface area (Å²) < 4.78 is 0. The molecule has 0 bridgehead atoms. The first-order chi connectivity index (χ1) is 20.1. The molecule has 0 aliphatic heterocycles. The molecular weight excluding hydrogens is 536 g/mol. The number of carboxylic acid groups (broad SMARTS) is 1. The average Bonchev–Trinajstić information content (AvgIpc) is 3.58. The molecule has 3 amide bonds. The first-order valence-corrected chi connectivity index (χ1v) is 14.1. The number of amides is 3. The Hall–Kier alpha value is -4.64. The second kappa shape index (κ2) is 13.3. The minimum atomic E-state index is -1.20. The van der Waals surface area contributed by atoms with Gasteiger partial charge in [-0.3, -0.25) is 19.2 Å². The van der Waals surface area contributed by atoms with Crippen LogP contribution in [-0.4, -0.2) is 62.9 Å². The Morgan fingerprint density at radius 3 is 1.88 bits per heavy atom. The lowest BCUT2D eigenvalue weighted by Crippen LogP contribution is -2.59. The highest BCUT2D eigenvalue weighted by molar-refractivity contribution is 5.95. The molecule has 11 heteroatoms. The zero-order valence-corrected chi connectivity index (χ0v) is 23.9. The Morgan fingerprint density at radius 2 is 1.33 bits per heavy atom. The highest BCUT2D eigenvalue weighted by atomic mass is 16.4. The maximum absolute atomic E-state index is 13.6. The van der Waals surface area contributed by atoms with Crippen LogP contribution in [0.3, 0.4) is 0 Å². The minimum Gasteiger partial charge on any atom is -0.480 e. The number of fused-ring (bicyclic) bond motifs is 2. The van der Waals surface area contributed by atoms with Crippen LogP contribution >= 0.6 is 0 Å². The van der Waals surface area contributed by atoms with Crippen LogP contribution in [0.25, 0.3) is 21.8 Å². The molecule has 0 aliphatic carbocycles. The number of rotatable bonds is 13. The van der Waals surface area contributed by atoms with E-state index in [0.717, 1.165) is 32.9 Å². The van der Waals surface area contributed by atoms with Gasteiger partial charge in [-0.15, -0.1) is 0 Å². The third-order valence-corrected chi connectivity index (χ3v) is 7.71. The highest BCUT2D eigenvalue weighted by Crippen LogP contribution is 2.21. The van der Waals surface area contributed by atoms with Crippen LogP contribution in [0, 0.1) is 5.92 Å². The Morgan fingerprint density at radius 1 is 0.786 bits per heavy atom. The van der Waals surface area contributed by atoms with E-state index in [2.05, 4.69) is 25.9 Å².